The highest BCUT2D eigenvalue weighted by molar-refractivity contribution is 9.12. The van der Waals surface area contributed by atoms with E-state index in [-0.39, 0.29) is 5.78 Å². The van der Waals surface area contributed by atoms with Gasteiger partial charge in [-0.15, -0.1) is 0 Å². The molecule has 0 aliphatic carbocycles. The molecule has 0 heterocycles. The molecule has 0 bridgehead atoms. The monoisotopic (exact) mass is 405 g/mol. The lowest BCUT2D eigenvalue weighted by Gasteiger charge is -2.09. The van der Waals surface area contributed by atoms with Crippen LogP contribution >= 0.6 is 15.9 Å². The van der Waals surface area contributed by atoms with Crippen molar-refractivity contribution in [1.82, 2.24) is 0 Å². The van der Waals surface area contributed by atoms with Crippen LogP contribution in [0.4, 0.5) is 5.69 Å². The molecule has 0 aliphatic rings. The lowest BCUT2D eigenvalue weighted by atomic mass is 10.1. The van der Waals surface area contributed by atoms with Crippen molar-refractivity contribution in [2.75, 3.05) is 26.6 Å². The lowest BCUT2D eigenvalue weighted by Crippen LogP contribution is -2.02. The molecular formula is C19H20BrNO4. The van der Waals surface area contributed by atoms with Crippen molar-refractivity contribution in [2.45, 2.75) is 6.92 Å². The Labute approximate surface area is 155 Å². The van der Waals surface area contributed by atoms with Crippen LogP contribution in [0.5, 0.6) is 17.2 Å². The molecule has 5 nitrogen and oxygen atoms in total. The van der Waals surface area contributed by atoms with Gasteiger partial charge in [0.25, 0.3) is 0 Å². The lowest BCUT2D eigenvalue weighted by molar-refractivity contribution is 0.104. The van der Waals surface area contributed by atoms with Gasteiger partial charge in [0.1, 0.15) is 17.2 Å². The molecule has 2 rings (SSSR count). The van der Waals surface area contributed by atoms with Crippen LogP contribution in [0, 0.1) is 0 Å². The predicted octanol–water partition coefficient (Wildman–Crippen LogP) is 4.30. The number of Topliss-reactive ketones (excluding diaryl/α,β-unsaturated/α-hetero) is 1. The second kappa shape index (κ2) is 8.58. The molecule has 0 radical (unpaired) electrons. The van der Waals surface area contributed by atoms with E-state index in [0.717, 1.165) is 5.56 Å². The van der Waals surface area contributed by atoms with Crippen LogP contribution in [-0.2, 0) is 0 Å². The maximum absolute atomic E-state index is 12.6. The van der Waals surface area contributed by atoms with E-state index < -0.39 is 0 Å². The van der Waals surface area contributed by atoms with Crippen LogP contribution in [-0.4, -0.2) is 26.6 Å². The van der Waals surface area contributed by atoms with Gasteiger partial charge in [-0.2, -0.15) is 0 Å². The summed E-state index contributed by atoms with van der Waals surface area (Å²) in [6.07, 6.45) is 1.69. The van der Waals surface area contributed by atoms with E-state index in [1.165, 1.54) is 0 Å². The molecule has 0 saturated carbocycles. The molecule has 0 atom stereocenters. The summed E-state index contributed by atoms with van der Waals surface area (Å²) in [6, 6.07) is 10.3. The standard InChI is InChI=1S/C19H20BrNO4/c1-4-25-18-7-5-12(11-16(18)21)19(22)15(20)10-13-9-14(23-2)6-8-17(13)24-3/h5-11H,4,21H2,1-3H3. The molecular weight excluding hydrogens is 386 g/mol. The highest BCUT2D eigenvalue weighted by Gasteiger charge is 2.13. The molecule has 0 aromatic heterocycles. The Morgan fingerprint density at radius 3 is 2.44 bits per heavy atom. The molecule has 0 unspecified atom stereocenters. The number of ether oxygens (including phenoxy) is 3. The van der Waals surface area contributed by atoms with Crippen molar-refractivity contribution in [1.29, 1.82) is 0 Å². The van der Waals surface area contributed by atoms with Crippen LogP contribution in [0.3, 0.4) is 0 Å². The molecule has 6 heteroatoms. The molecule has 0 spiro atoms. The number of hydrogen-bond donors (Lipinski definition) is 1. The highest BCUT2D eigenvalue weighted by atomic mass is 79.9. The number of methoxy groups -OCH3 is 2. The zero-order valence-electron chi connectivity index (χ0n) is 14.3. The van der Waals surface area contributed by atoms with Gasteiger partial charge in [-0.05, 0) is 65.3 Å². The van der Waals surface area contributed by atoms with Crippen molar-refractivity contribution in [3.8, 4) is 17.2 Å². The van der Waals surface area contributed by atoms with Crippen molar-refractivity contribution in [2.24, 2.45) is 0 Å². The van der Waals surface area contributed by atoms with Crippen molar-refractivity contribution in [3.63, 3.8) is 0 Å². The fraction of sp³-hybridized carbons (Fsp3) is 0.211. The van der Waals surface area contributed by atoms with Gasteiger partial charge in [-0.25, -0.2) is 0 Å². The number of allylic oxidation sites excluding steroid dienone is 1. The summed E-state index contributed by atoms with van der Waals surface area (Å²) in [5, 5.41) is 0. The number of nitrogens with two attached hydrogens (primary N) is 1. The minimum atomic E-state index is -0.195. The number of carbonyl (C=O) groups is 1. The van der Waals surface area contributed by atoms with Crippen LogP contribution in [0.25, 0.3) is 6.08 Å². The topological polar surface area (TPSA) is 70.8 Å². The third-order valence-corrected chi connectivity index (χ3v) is 4.10. The zero-order valence-corrected chi connectivity index (χ0v) is 15.9. The third kappa shape index (κ3) is 4.54. The summed E-state index contributed by atoms with van der Waals surface area (Å²) in [5.74, 6) is 1.68. The first-order valence-electron chi connectivity index (χ1n) is 7.66. The summed E-state index contributed by atoms with van der Waals surface area (Å²) in [5.41, 5.74) is 7.54. The maximum Gasteiger partial charge on any atom is 0.200 e. The number of rotatable bonds is 7. The molecule has 25 heavy (non-hydrogen) atoms. The number of ketones is 1. The second-order valence-electron chi connectivity index (χ2n) is 5.11. The van der Waals surface area contributed by atoms with E-state index in [4.69, 9.17) is 19.9 Å². The number of nitrogen functional groups attached to an aromatic ring is 1. The van der Waals surface area contributed by atoms with E-state index in [2.05, 4.69) is 15.9 Å². The fourth-order valence-corrected chi connectivity index (χ4v) is 2.74. The molecule has 2 aromatic rings. The molecule has 2 N–H and O–H groups in total. The van der Waals surface area contributed by atoms with Crippen LogP contribution in [0.15, 0.2) is 40.9 Å². The zero-order chi connectivity index (χ0) is 18.4. The summed E-state index contributed by atoms with van der Waals surface area (Å²) >= 11 is 3.34. The normalized spacial score (nSPS) is 11.1. The molecule has 0 fully saturated rings. The van der Waals surface area contributed by atoms with Crippen LogP contribution in [0.2, 0.25) is 0 Å². The summed E-state index contributed by atoms with van der Waals surface area (Å²) in [6.45, 7) is 2.38. The van der Waals surface area contributed by atoms with Gasteiger partial charge < -0.3 is 19.9 Å². The number of carbonyl (C=O) groups excluding carboxylic acids is 1. The Kier molecular flexibility index (Phi) is 6.47. The Hall–Kier alpha value is -2.47. The van der Waals surface area contributed by atoms with E-state index >= 15 is 0 Å². The second-order valence-corrected chi connectivity index (χ2v) is 5.97. The number of hydrogen-bond acceptors (Lipinski definition) is 5. The maximum atomic E-state index is 12.6. The van der Waals surface area contributed by atoms with Crippen molar-refractivity contribution in [3.05, 3.63) is 52.0 Å². The van der Waals surface area contributed by atoms with Gasteiger partial charge in [-0.3, -0.25) is 4.79 Å². The smallest absolute Gasteiger partial charge is 0.200 e. The van der Waals surface area contributed by atoms with Crippen LogP contribution < -0.4 is 19.9 Å². The number of benzene rings is 2. The Morgan fingerprint density at radius 2 is 1.84 bits per heavy atom. The van der Waals surface area contributed by atoms with Crippen LogP contribution in [0.1, 0.15) is 22.8 Å². The van der Waals surface area contributed by atoms with E-state index in [1.807, 2.05) is 6.92 Å². The van der Waals surface area contributed by atoms with Gasteiger partial charge in [-0.1, -0.05) is 0 Å². The minimum Gasteiger partial charge on any atom is -0.497 e. The summed E-state index contributed by atoms with van der Waals surface area (Å²) in [4.78, 5) is 12.6. The largest absolute Gasteiger partial charge is 0.497 e. The first kappa shape index (κ1) is 18.9. The van der Waals surface area contributed by atoms with Crippen molar-refractivity contribution >= 4 is 33.5 Å². The highest BCUT2D eigenvalue weighted by Crippen LogP contribution is 2.29. The average Bonchev–Trinajstić information content (AvgIpc) is 2.62. The first-order valence-corrected chi connectivity index (χ1v) is 8.45. The van der Waals surface area contributed by atoms with Gasteiger partial charge in [0.15, 0.2) is 5.78 Å². The average molecular weight is 406 g/mol. The Balaban J connectivity index is 2.33. The van der Waals surface area contributed by atoms with Gasteiger partial charge in [0, 0.05) is 11.1 Å². The Morgan fingerprint density at radius 1 is 1.12 bits per heavy atom. The molecule has 0 aliphatic heterocycles. The van der Waals surface area contributed by atoms with Gasteiger partial charge in [0.2, 0.25) is 0 Å². The number of anilines is 1. The Bertz CT molecular complexity index is 802. The minimum absolute atomic E-state index is 0.195. The van der Waals surface area contributed by atoms with E-state index in [9.17, 15) is 4.79 Å². The first-order chi connectivity index (χ1) is 12.0. The van der Waals surface area contributed by atoms with Gasteiger partial charge in [0.05, 0.1) is 31.0 Å². The molecule has 132 valence electrons. The van der Waals surface area contributed by atoms with Crippen molar-refractivity contribution < 1.29 is 19.0 Å². The van der Waals surface area contributed by atoms with E-state index in [1.54, 1.807) is 56.7 Å². The third-order valence-electron chi connectivity index (χ3n) is 3.51. The molecule has 0 amide bonds. The fourth-order valence-electron chi connectivity index (χ4n) is 2.27. The molecule has 2 aromatic carbocycles. The quantitative estimate of drug-likeness (QED) is 0.422. The predicted molar refractivity (Wildman–Crippen MR) is 103 cm³/mol. The SMILES string of the molecule is CCOc1ccc(C(=O)C(Br)=Cc2cc(OC)ccc2OC)cc1N. The summed E-state index contributed by atoms with van der Waals surface area (Å²) < 4.78 is 16.3. The molecule has 0 saturated heterocycles. The summed E-state index contributed by atoms with van der Waals surface area (Å²) in [7, 11) is 3.15. The van der Waals surface area contributed by atoms with E-state index in [0.29, 0.717) is 39.6 Å². The number of halogens is 1. The van der Waals surface area contributed by atoms with Gasteiger partial charge >= 0.3 is 0 Å².